The van der Waals surface area contributed by atoms with Gasteiger partial charge in [-0.1, -0.05) is 30.0 Å². The fraction of sp³-hybridized carbons (Fsp3) is 0.0909. The molecule has 0 atom stereocenters. The molecule has 0 aliphatic heterocycles. The lowest BCUT2D eigenvalue weighted by atomic mass is 10.2. The van der Waals surface area contributed by atoms with E-state index in [4.69, 9.17) is 9.47 Å². The van der Waals surface area contributed by atoms with Crippen molar-refractivity contribution in [1.82, 2.24) is 10.3 Å². The van der Waals surface area contributed by atoms with E-state index >= 15 is 0 Å². The van der Waals surface area contributed by atoms with Gasteiger partial charge in [-0.25, -0.2) is 0 Å². The van der Waals surface area contributed by atoms with E-state index in [1.807, 2.05) is 36.4 Å². The van der Waals surface area contributed by atoms with Crippen molar-refractivity contribution in [3.05, 3.63) is 84.7 Å². The smallest absolute Gasteiger partial charge is 0.252 e. The van der Waals surface area contributed by atoms with Crippen LogP contribution in [0.2, 0.25) is 0 Å². The van der Waals surface area contributed by atoms with Crippen molar-refractivity contribution < 1.29 is 14.3 Å². The van der Waals surface area contributed by atoms with E-state index in [-0.39, 0.29) is 19.1 Å². The summed E-state index contributed by atoms with van der Waals surface area (Å²) in [6, 6.07) is 20.0. The first kappa shape index (κ1) is 18.0. The number of aromatic nitrogens is 1. The number of carbonyl (C=O) groups is 1. The highest BCUT2D eigenvalue weighted by atomic mass is 16.5. The van der Waals surface area contributed by atoms with Crippen LogP contribution in [0.4, 0.5) is 0 Å². The van der Waals surface area contributed by atoms with Crippen LogP contribution in [-0.2, 0) is 0 Å². The molecule has 2 aromatic carbocycles. The van der Waals surface area contributed by atoms with E-state index in [2.05, 4.69) is 22.1 Å². The van der Waals surface area contributed by atoms with Gasteiger partial charge in [-0.05, 0) is 48.5 Å². The number of ether oxygens (including phenoxy) is 2. The fourth-order valence-corrected chi connectivity index (χ4v) is 2.19. The molecule has 0 bridgehead atoms. The highest BCUT2D eigenvalue weighted by molar-refractivity contribution is 5.94. The Bertz CT molecular complexity index is 915. The topological polar surface area (TPSA) is 60.5 Å². The number of para-hydroxylation sites is 1. The molecule has 0 aliphatic carbocycles. The standard InChI is InChI=1S/C22H18N2O3/c25-22(24-15-4-5-16-26-21-9-6-14-23-17-21)18-10-12-20(13-11-18)27-19-7-2-1-3-8-19/h1-3,6-14,17H,15-16H2,(H,24,25). The lowest BCUT2D eigenvalue weighted by Gasteiger charge is -2.06. The van der Waals surface area contributed by atoms with Crippen molar-refractivity contribution in [1.29, 1.82) is 0 Å². The molecule has 0 radical (unpaired) electrons. The van der Waals surface area contributed by atoms with E-state index in [0.717, 1.165) is 5.75 Å². The van der Waals surface area contributed by atoms with Crippen molar-refractivity contribution in [3.63, 3.8) is 0 Å². The quantitative estimate of drug-likeness (QED) is 0.683. The lowest BCUT2D eigenvalue weighted by molar-refractivity contribution is 0.0958. The molecule has 0 saturated carbocycles. The van der Waals surface area contributed by atoms with Crippen molar-refractivity contribution in [2.75, 3.05) is 13.2 Å². The molecular formula is C22H18N2O3. The molecule has 0 fully saturated rings. The SMILES string of the molecule is O=C(NCC#CCOc1cccnc1)c1ccc(Oc2ccccc2)cc1. The van der Waals surface area contributed by atoms with Crippen LogP contribution in [0, 0.1) is 11.8 Å². The molecule has 0 saturated heterocycles. The Kier molecular flexibility index (Phi) is 6.43. The van der Waals surface area contributed by atoms with Crippen LogP contribution in [0.25, 0.3) is 0 Å². The van der Waals surface area contributed by atoms with Gasteiger partial charge in [0.1, 0.15) is 23.9 Å². The monoisotopic (exact) mass is 358 g/mol. The van der Waals surface area contributed by atoms with Crippen LogP contribution < -0.4 is 14.8 Å². The van der Waals surface area contributed by atoms with Crippen molar-refractivity contribution in [2.45, 2.75) is 0 Å². The molecule has 1 heterocycles. The first-order valence-electron chi connectivity index (χ1n) is 8.41. The molecule has 1 amide bonds. The number of carbonyl (C=O) groups excluding carboxylic acids is 1. The summed E-state index contributed by atoms with van der Waals surface area (Å²) in [5.74, 6) is 7.58. The van der Waals surface area contributed by atoms with Crippen molar-refractivity contribution in [3.8, 4) is 29.1 Å². The van der Waals surface area contributed by atoms with Gasteiger partial charge in [-0.3, -0.25) is 9.78 Å². The highest BCUT2D eigenvalue weighted by Gasteiger charge is 2.04. The Balaban J connectivity index is 1.42. The van der Waals surface area contributed by atoms with E-state index in [1.54, 1.807) is 42.7 Å². The van der Waals surface area contributed by atoms with Gasteiger partial charge in [-0.15, -0.1) is 0 Å². The molecule has 5 nitrogen and oxygen atoms in total. The van der Waals surface area contributed by atoms with Crippen LogP contribution in [-0.4, -0.2) is 24.0 Å². The average Bonchev–Trinajstić information content (AvgIpc) is 2.72. The zero-order valence-corrected chi connectivity index (χ0v) is 14.6. The fourth-order valence-electron chi connectivity index (χ4n) is 2.19. The first-order valence-corrected chi connectivity index (χ1v) is 8.41. The molecule has 0 spiro atoms. The number of amides is 1. The molecule has 134 valence electrons. The van der Waals surface area contributed by atoms with Crippen molar-refractivity contribution >= 4 is 5.91 Å². The van der Waals surface area contributed by atoms with Gasteiger partial charge >= 0.3 is 0 Å². The normalized spacial score (nSPS) is 9.63. The van der Waals surface area contributed by atoms with Gasteiger partial charge in [0.25, 0.3) is 5.91 Å². The molecule has 5 heteroatoms. The number of pyridine rings is 1. The van der Waals surface area contributed by atoms with Gasteiger partial charge in [0.2, 0.25) is 0 Å². The summed E-state index contributed by atoms with van der Waals surface area (Å²) in [5.41, 5.74) is 0.545. The minimum Gasteiger partial charge on any atom is -0.479 e. The minimum absolute atomic E-state index is 0.191. The van der Waals surface area contributed by atoms with E-state index in [9.17, 15) is 4.79 Å². The second-order valence-corrected chi connectivity index (χ2v) is 5.45. The summed E-state index contributed by atoms with van der Waals surface area (Å²) in [6.07, 6.45) is 3.29. The predicted octanol–water partition coefficient (Wildman–Crippen LogP) is 3.69. The van der Waals surface area contributed by atoms with Crippen LogP contribution >= 0.6 is 0 Å². The zero-order chi connectivity index (χ0) is 18.7. The summed E-state index contributed by atoms with van der Waals surface area (Å²) < 4.78 is 11.1. The molecule has 1 N–H and O–H groups in total. The Morgan fingerprint density at radius 3 is 2.37 bits per heavy atom. The van der Waals surface area contributed by atoms with Gasteiger partial charge in [-0.2, -0.15) is 0 Å². The van der Waals surface area contributed by atoms with Gasteiger partial charge in [0.05, 0.1) is 12.7 Å². The summed E-state index contributed by atoms with van der Waals surface area (Å²) in [7, 11) is 0. The molecule has 27 heavy (non-hydrogen) atoms. The Morgan fingerprint density at radius 2 is 1.63 bits per heavy atom. The highest BCUT2D eigenvalue weighted by Crippen LogP contribution is 2.21. The second-order valence-electron chi connectivity index (χ2n) is 5.45. The minimum atomic E-state index is -0.191. The van der Waals surface area contributed by atoms with Gasteiger partial charge in [0, 0.05) is 11.8 Å². The number of hydrogen-bond acceptors (Lipinski definition) is 4. The van der Waals surface area contributed by atoms with Gasteiger partial charge in [0.15, 0.2) is 0 Å². The largest absolute Gasteiger partial charge is 0.479 e. The molecule has 3 aromatic rings. The molecular weight excluding hydrogens is 340 g/mol. The van der Waals surface area contributed by atoms with Crippen LogP contribution in [0.3, 0.4) is 0 Å². The Labute approximate surface area is 158 Å². The van der Waals surface area contributed by atoms with Crippen molar-refractivity contribution in [2.24, 2.45) is 0 Å². The van der Waals surface area contributed by atoms with Gasteiger partial charge < -0.3 is 14.8 Å². The number of rotatable bonds is 6. The maximum Gasteiger partial charge on any atom is 0.252 e. The van der Waals surface area contributed by atoms with Crippen LogP contribution in [0.5, 0.6) is 17.2 Å². The Morgan fingerprint density at radius 1 is 0.889 bits per heavy atom. The number of nitrogens with zero attached hydrogens (tertiary/aromatic N) is 1. The third kappa shape index (κ3) is 5.91. The number of hydrogen-bond donors (Lipinski definition) is 1. The molecule has 1 aromatic heterocycles. The van der Waals surface area contributed by atoms with E-state index in [0.29, 0.717) is 17.1 Å². The van der Waals surface area contributed by atoms with Crippen LogP contribution in [0.1, 0.15) is 10.4 Å². The summed E-state index contributed by atoms with van der Waals surface area (Å²) >= 11 is 0. The maximum atomic E-state index is 12.1. The first-order chi connectivity index (χ1) is 13.3. The molecule has 0 unspecified atom stereocenters. The molecule has 3 rings (SSSR count). The Hall–Kier alpha value is -3.78. The maximum absolute atomic E-state index is 12.1. The third-order valence-corrected chi connectivity index (χ3v) is 3.50. The summed E-state index contributed by atoms with van der Waals surface area (Å²) in [4.78, 5) is 16.1. The van der Waals surface area contributed by atoms with E-state index in [1.165, 1.54) is 0 Å². The average molecular weight is 358 g/mol. The zero-order valence-electron chi connectivity index (χ0n) is 14.6. The number of benzene rings is 2. The summed E-state index contributed by atoms with van der Waals surface area (Å²) in [5, 5.41) is 2.75. The lowest BCUT2D eigenvalue weighted by Crippen LogP contribution is -2.23. The third-order valence-electron chi connectivity index (χ3n) is 3.50. The number of nitrogens with one attached hydrogen (secondary N) is 1. The predicted molar refractivity (Wildman–Crippen MR) is 103 cm³/mol. The van der Waals surface area contributed by atoms with E-state index < -0.39 is 0 Å². The summed E-state index contributed by atoms with van der Waals surface area (Å²) in [6.45, 7) is 0.491. The van der Waals surface area contributed by atoms with Crippen LogP contribution in [0.15, 0.2) is 79.1 Å². The molecule has 0 aliphatic rings. The second kappa shape index (κ2) is 9.64.